The van der Waals surface area contributed by atoms with E-state index in [0.717, 1.165) is 50.6 Å². The number of pyridine rings is 1. The maximum atomic E-state index is 12.1. The number of hydrogen-bond acceptors (Lipinski definition) is 4. The zero-order chi connectivity index (χ0) is 26.7. The summed E-state index contributed by atoms with van der Waals surface area (Å²) >= 11 is 6.05. The standard InChI is InChI=1S/C27H32ClN5O.C2H6.CH3.K/c1-19(23(12-15-29)25-11-10-24(30)26(28)31-25)5-4-16-33-17-13-21(14-18-33)20-6-8-22(9-7-20)27(34)32(2)3;1-2;;/h5-6,8,10-12,15,21H,1,7,9,13-14,16-18,30H2,2-3H3;1-2H3;1H3;/q-2;;-1;+1/b23-12+;;;. The average Bonchev–Trinajstić information content (AvgIpc) is 2.90. The van der Waals surface area contributed by atoms with Gasteiger partial charge in [-0.05, 0) is 56.8 Å². The third-order valence-electron chi connectivity index (χ3n) is 6.31. The van der Waals surface area contributed by atoms with Crippen LogP contribution in [-0.4, -0.2) is 60.6 Å². The molecule has 1 aromatic rings. The van der Waals surface area contributed by atoms with E-state index in [-0.39, 0.29) is 69.9 Å². The van der Waals surface area contributed by atoms with Gasteiger partial charge in [-0.1, -0.05) is 61.4 Å². The Hall–Kier alpha value is -1.32. The number of halogens is 1. The molecule has 3 rings (SSSR count). The fourth-order valence-corrected chi connectivity index (χ4v) is 4.48. The number of amides is 1. The number of aromatic nitrogens is 1. The number of hydrogen-bond donors (Lipinski definition) is 1. The SMILES string of the molecule is C=C(C=[C-]CN1CCC(C2=CC=C(C(=O)N(C)C)CC2)CC1)/C(=C\C=[N-])c1ccc(N)c(Cl)n1.CC.[CH3-].[K+]. The van der Waals surface area contributed by atoms with E-state index >= 15 is 0 Å². The second kappa shape index (κ2) is 18.9. The molecule has 1 saturated heterocycles. The molecular formula is C30H41ClKN5O-2. The monoisotopic (exact) mass is 561 g/mol. The summed E-state index contributed by atoms with van der Waals surface area (Å²) in [5.41, 5.74) is 10.4. The summed E-state index contributed by atoms with van der Waals surface area (Å²) in [4.78, 5) is 20.4. The Morgan fingerprint density at radius 3 is 2.45 bits per heavy atom. The van der Waals surface area contributed by atoms with Gasteiger partial charge in [-0.25, -0.2) is 11.1 Å². The number of nitrogen functional groups attached to an aromatic ring is 1. The zero-order valence-electron chi connectivity index (χ0n) is 23.9. The van der Waals surface area contributed by atoms with Crippen LogP contribution in [0.2, 0.25) is 5.15 Å². The van der Waals surface area contributed by atoms with Crippen LogP contribution in [0.15, 0.2) is 59.7 Å². The predicted molar refractivity (Wildman–Crippen MR) is 159 cm³/mol. The van der Waals surface area contributed by atoms with Gasteiger partial charge >= 0.3 is 51.4 Å². The second-order valence-corrected chi connectivity index (χ2v) is 9.22. The van der Waals surface area contributed by atoms with E-state index in [0.29, 0.717) is 35.0 Å². The fraction of sp³-hybridized carbons (Fsp3) is 0.400. The molecule has 38 heavy (non-hydrogen) atoms. The van der Waals surface area contributed by atoms with Crippen molar-refractivity contribution in [1.29, 1.82) is 0 Å². The molecule has 202 valence electrons. The fourth-order valence-electron chi connectivity index (χ4n) is 4.32. The number of nitrogens with two attached hydrogens (primary N) is 1. The molecule has 0 aromatic carbocycles. The number of likely N-dealkylation sites (N-methyl/N-ethyl adjacent to an activating group) is 1. The van der Waals surface area contributed by atoms with Gasteiger partial charge < -0.3 is 28.4 Å². The van der Waals surface area contributed by atoms with Crippen molar-refractivity contribution in [2.24, 2.45) is 5.92 Å². The molecule has 2 N–H and O–H groups in total. The van der Waals surface area contributed by atoms with E-state index in [9.17, 15) is 10.2 Å². The molecular weight excluding hydrogens is 521 g/mol. The van der Waals surface area contributed by atoms with Crippen LogP contribution in [0.5, 0.6) is 0 Å². The molecule has 2 heterocycles. The number of carbonyl (C=O) groups excluding carboxylic acids is 1. The number of likely N-dealkylation sites (tertiary alicyclic amines) is 1. The smallest absolute Gasteiger partial charge is 0.811 e. The molecule has 1 aromatic heterocycles. The van der Waals surface area contributed by atoms with E-state index in [1.54, 1.807) is 31.1 Å². The Kier molecular flexibility index (Phi) is 18.2. The first-order valence-corrected chi connectivity index (χ1v) is 12.9. The molecule has 0 atom stereocenters. The molecule has 2 aliphatic rings. The third kappa shape index (κ3) is 10.7. The van der Waals surface area contributed by atoms with Crippen LogP contribution < -0.4 is 57.1 Å². The maximum absolute atomic E-state index is 12.1. The zero-order valence-corrected chi connectivity index (χ0v) is 27.8. The number of rotatable bonds is 8. The number of anilines is 1. The van der Waals surface area contributed by atoms with E-state index in [2.05, 4.69) is 28.6 Å². The molecule has 6 nitrogen and oxygen atoms in total. The Morgan fingerprint density at radius 1 is 1.26 bits per heavy atom. The molecule has 8 heteroatoms. The summed E-state index contributed by atoms with van der Waals surface area (Å²) in [5.74, 6) is 0.692. The van der Waals surface area contributed by atoms with Crippen LogP contribution in [0.3, 0.4) is 0 Å². The van der Waals surface area contributed by atoms with Gasteiger partial charge in [0.2, 0.25) is 5.91 Å². The number of allylic oxidation sites excluding steroid dienone is 7. The molecule has 1 aliphatic carbocycles. The van der Waals surface area contributed by atoms with Crippen molar-refractivity contribution in [3.05, 3.63) is 89.5 Å². The molecule has 0 bridgehead atoms. The molecule has 0 spiro atoms. The Balaban J connectivity index is 0.00000334. The van der Waals surface area contributed by atoms with Crippen molar-refractivity contribution in [2.45, 2.75) is 39.5 Å². The van der Waals surface area contributed by atoms with E-state index in [4.69, 9.17) is 17.3 Å². The first-order valence-electron chi connectivity index (χ1n) is 12.5. The quantitative estimate of drug-likeness (QED) is 0.174. The second-order valence-electron chi connectivity index (χ2n) is 8.86. The summed E-state index contributed by atoms with van der Waals surface area (Å²) in [6, 6.07) is 3.42. The Morgan fingerprint density at radius 2 is 1.92 bits per heavy atom. The number of nitrogens with zero attached hydrogens (tertiary/aromatic N) is 4. The van der Waals surface area contributed by atoms with Crippen LogP contribution >= 0.6 is 11.6 Å². The van der Waals surface area contributed by atoms with Crippen LogP contribution in [0.1, 0.15) is 45.2 Å². The van der Waals surface area contributed by atoms with Crippen LogP contribution in [0.4, 0.5) is 5.69 Å². The van der Waals surface area contributed by atoms with Crippen molar-refractivity contribution in [2.75, 3.05) is 39.5 Å². The summed E-state index contributed by atoms with van der Waals surface area (Å²) in [5, 5.41) is 9.52. The Labute approximate surface area is 277 Å². The molecule has 0 saturated carbocycles. The van der Waals surface area contributed by atoms with E-state index < -0.39 is 0 Å². The summed E-state index contributed by atoms with van der Waals surface area (Å²) in [7, 11) is 3.59. The van der Waals surface area contributed by atoms with Gasteiger partial charge in [0.05, 0.1) is 11.4 Å². The van der Waals surface area contributed by atoms with E-state index in [1.165, 1.54) is 11.6 Å². The molecule has 0 radical (unpaired) electrons. The third-order valence-corrected chi connectivity index (χ3v) is 6.61. The summed E-state index contributed by atoms with van der Waals surface area (Å²) < 4.78 is 0. The maximum Gasteiger partial charge on any atom is 1.00 e. The van der Waals surface area contributed by atoms with Gasteiger partial charge in [-0.3, -0.25) is 10.9 Å². The molecule has 1 fully saturated rings. The predicted octanol–water partition coefficient (Wildman–Crippen LogP) is 3.18. The Bertz CT molecular complexity index is 1070. The first-order chi connectivity index (χ1) is 17.3. The molecule has 1 amide bonds. The van der Waals surface area contributed by atoms with Gasteiger partial charge in [0.15, 0.2) is 5.15 Å². The van der Waals surface area contributed by atoms with Crippen molar-refractivity contribution in [3.63, 3.8) is 0 Å². The van der Waals surface area contributed by atoms with Crippen LogP contribution in [0, 0.1) is 19.4 Å². The van der Waals surface area contributed by atoms with Crippen molar-refractivity contribution >= 4 is 35.0 Å². The van der Waals surface area contributed by atoms with Gasteiger partial charge in [-0.15, -0.1) is 0 Å². The minimum Gasteiger partial charge on any atom is -0.811 e. The minimum absolute atomic E-state index is 0. The van der Waals surface area contributed by atoms with E-state index in [1.807, 2.05) is 26.0 Å². The molecule has 0 unspecified atom stereocenters. The van der Waals surface area contributed by atoms with Gasteiger partial charge in [0.1, 0.15) is 0 Å². The number of carbonyl (C=O) groups is 1. The van der Waals surface area contributed by atoms with Crippen molar-refractivity contribution in [1.82, 2.24) is 14.8 Å². The minimum atomic E-state index is 0. The molecule has 1 aliphatic heterocycles. The first kappa shape index (κ1) is 36.7. The van der Waals surface area contributed by atoms with Crippen LogP contribution in [-0.2, 0) is 4.79 Å². The van der Waals surface area contributed by atoms with Crippen LogP contribution in [0.25, 0.3) is 11.0 Å². The summed E-state index contributed by atoms with van der Waals surface area (Å²) in [6.07, 6.45) is 15.8. The van der Waals surface area contributed by atoms with Gasteiger partial charge in [-0.2, -0.15) is 18.4 Å². The van der Waals surface area contributed by atoms with Crippen molar-refractivity contribution in [3.8, 4) is 0 Å². The largest absolute Gasteiger partial charge is 1.00 e. The number of piperidine rings is 1. The van der Waals surface area contributed by atoms with Gasteiger partial charge in [0.25, 0.3) is 0 Å². The van der Waals surface area contributed by atoms with Gasteiger partial charge in [0, 0.05) is 19.7 Å². The van der Waals surface area contributed by atoms with Crippen molar-refractivity contribution < 1.29 is 56.2 Å². The summed E-state index contributed by atoms with van der Waals surface area (Å²) in [6.45, 7) is 10.8. The average molecular weight is 562 g/mol. The normalized spacial score (nSPS) is 16.2. The topological polar surface area (TPSA) is 84.8 Å².